The molecule has 6 rings (SSSR count). The summed E-state index contributed by atoms with van der Waals surface area (Å²) in [6.45, 7) is 7.44. The first-order chi connectivity index (χ1) is 19.2. The number of nitrogens with two attached hydrogens (primary N) is 1. The standard InChI is InChI=1S/C31H32N6O3/c1-30(2,3)40-29(38)36-19-31(20-36)14-22(15-31)23-16-33-37(17-23)26-13-25(34-35-28(26)32)24-11-7-8-12-27(24)39-18-21-9-5-4-6-10-21/h4-14,16-17H,15,18-20H2,1-3H3,(H2,32,35). The van der Waals surface area contributed by atoms with Crippen molar-refractivity contribution in [2.24, 2.45) is 5.41 Å². The Morgan fingerprint density at radius 2 is 1.77 bits per heavy atom. The van der Waals surface area contributed by atoms with E-state index in [0.717, 1.165) is 23.1 Å². The molecule has 1 amide bonds. The van der Waals surface area contributed by atoms with Crippen molar-refractivity contribution < 1.29 is 14.3 Å². The van der Waals surface area contributed by atoms with Gasteiger partial charge in [0.05, 0.1) is 11.9 Å². The Labute approximate surface area is 233 Å². The van der Waals surface area contributed by atoms with Crippen molar-refractivity contribution in [3.05, 3.63) is 90.3 Å². The first kappa shape index (κ1) is 25.6. The van der Waals surface area contributed by atoms with E-state index in [4.69, 9.17) is 15.2 Å². The molecule has 2 aromatic heterocycles. The lowest BCUT2D eigenvalue weighted by Gasteiger charge is -2.53. The molecule has 0 bridgehead atoms. The number of hydrogen-bond acceptors (Lipinski definition) is 7. The minimum Gasteiger partial charge on any atom is -0.488 e. The van der Waals surface area contributed by atoms with Gasteiger partial charge in [0.2, 0.25) is 0 Å². The average Bonchev–Trinajstić information content (AvgIpc) is 3.35. The second-order valence-corrected chi connectivity index (χ2v) is 11.5. The molecular weight excluding hydrogens is 504 g/mol. The number of anilines is 1. The minimum atomic E-state index is -0.490. The number of para-hydroxylation sites is 1. The highest BCUT2D eigenvalue weighted by Gasteiger charge is 2.50. The molecule has 3 heterocycles. The van der Waals surface area contributed by atoms with Crippen molar-refractivity contribution in [2.75, 3.05) is 18.8 Å². The molecule has 4 aromatic rings. The number of carbonyl (C=O) groups excluding carboxylic acids is 1. The van der Waals surface area contributed by atoms with Gasteiger partial charge in [-0.3, -0.25) is 0 Å². The second-order valence-electron chi connectivity index (χ2n) is 11.5. The zero-order chi connectivity index (χ0) is 27.9. The topological polar surface area (TPSA) is 108 Å². The number of ether oxygens (including phenoxy) is 2. The fraction of sp³-hybridized carbons (Fsp3) is 0.290. The predicted molar refractivity (Wildman–Crippen MR) is 153 cm³/mol. The molecule has 0 atom stereocenters. The highest BCUT2D eigenvalue weighted by molar-refractivity contribution is 5.76. The summed E-state index contributed by atoms with van der Waals surface area (Å²) in [4.78, 5) is 14.1. The van der Waals surface area contributed by atoms with E-state index < -0.39 is 5.60 Å². The van der Waals surface area contributed by atoms with Crippen LogP contribution in [0.25, 0.3) is 22.5 Å². The molecule has 9 nitrogen and oxygen atoms in total. The van der Waals surface area contributed by atoms with E-state index in [9.17, 15) is 4.79 Å². The number of rotatable bonds is 6. The number of carbonyl (C=O) groups is 1. The summed E-state index contributed by atoms with van der Waals surface area (Å²) in [7, 11) is 0. The van der Waals surface area contributed by atoms with Gasteiger partial charge >= 0.3 is 6.09 Å². The van der Waals surface area contributed by atoms with Crippen molar-refractivity contribution >= 4 is 17.5 Å². The van der Waals surface area contributed by atoms with Crippen LogP contribution in [0.15, 0.2) is 79.1 Å². The molecule has 2 aliphatic rings. The summed E-state index contributed by atoms with van der Waals surface area (Å²) in [5.74, 6) is 0.996. The van der Waals surface area contributed by atoms with Crippen LogP contribution >= 0.6 is 0 Å². The number of likely N-dealkylation sites (tertiary alicyclic amines) is 1. The molecule has 9 heteroatoms. The summed E-state index contributed by atoms with van der Waals surface area (Å²) < 4.78 is 13.3. The van der Waals surface area contributed by atoms with Crippen LogP contribution < -0.4 is 10.5 Å². The van der Waals surface area contributed by atoms with Crippen LogP contribution in [0.5, 0.6) is 5.75 Å². The van der Waals surface area contributed by atoms with Crippen LogP contribution in [0.1, 0.15) is 38.3 Å². The molecule has 1 fully saturated rings. The Bertz CT molecular complexity index is 1580. The molecule has 1 spiro atoms. The van der Waals surface area contributed by atoms with E-state index in [1.807, 2.05) is 93.8 Å². The van der Waals surface area contributed by atoms with Crippen LogP contribution in [0.2, 0.25) is 0 Å². The number of allylic oxidation sites excluding steroid dienone is 1. The van der Waals surface area contributed by atoms with Gasteiger partial charge in [-0.2, -0.15) is 5.10 Å². The maximum atomic E-state index is 12.3. The molecule has 0 unspecified atom stereocenters. The van der Waals surface area contributed by atoms with Gasteiger partial charge in [0.15, 0.2) is 5.82 Å². The molecule has 1 aliphatic heterocycles. The van der Waals surface area contributed by atoms with Gasteiger partial charge in [-0.1, -0.05) is 48.5 Å². The Balaban J connectivity index is 1.17. The molecule has 2 N–H and O–H groups in total. The van der Waals surface area contributed by atoms with E-state index in [0.29, 0.717) is 36.8 Å². The molecule has 1 aliphatic carbocycles. The Morgan fingerprint density at radius 1 is 1.05 bits per heavy atom. The highest BCUT2D eigenvalue weighted by Crippen LogP contribution is 2.50. The van der Waals surface area contributed by atoms with Crippen molar-refractivity contribution in [3.63, 3.8) is 0 Å². The second kappa shape index (κ2) is 9.82. The zero-order valence-corrected chi connectivity index (χ0v) is 22.9. The van der Waals surface area contributed by atoms with Crippen LogP contribution in [-0.4, -0.2) is 49.7 Å². The highest BCUT2D eigenvalue weighted by atomic mass is 16.6. The first-order valence-corrected chi connectivity index (χ1v) is 13.3. The van der Waals surface area contributed by atoms with Gasteiger partial charge in [0.25, 0.3) is 0 Å². The van der Waals surface area contributed by atoms with Crippen molar-refractivity contribution in [2.45, 2.75) is 39.4 Å². The smallest absolute Gasteiger partial charge is 0.410 e. The summed E-state index contributed by atoms with van der Waals surface area (Å²) in [6.07, 6.45) is 6.67. The minimum absolute atomic E-state index is 0.0300. The molecule has 2 aromatic carbocycles. The third-order valence-corrected chi connectivity index (χ3v) is 7.09. The van der Waals surface area contributed by atoms with Gasteiger partial charge < -0.3 is 20.1 Å². The van der Waals surface area contributed by atoms with Gasteiger partial charge in [-0.15, -0.1) is 10.2 Å². The monoisotopic (exact) mass is 536 g/mol. The van der Waals surface area contributed by atoms with Crippen molar-refractivity contribution in [1.82, 2.24) is 24.9 Å². The molecule has 204 valence electrons. The van der Waals surface area contributed by atoms with Gasteiger partial charge in [-0.25, -0.2) is 9.48 Å². The number of aromatic nitrogens is 4. The van der Waals surface area contributed by atoms with Crippen LogP contribution in [0, 0.1) is 5.41 Å². The number of amides is 1. The lowest BCUT2D eigenvalue weighted by molar-refractivity contribution is -0.0207. The summed E-state index contributed by atoms with van der Waals surface area (Å²) in [5.41, 5.74) is 11.2. The van der Waals surface area contributed by atoms with E-state index in [1.165, 1.54) is 5.57 Å². The largest absolute Gasteiger partial charge is 0.488 e. The molecule has 0 radical (unpaired) electrons. The predicted octanol–water partition coefficient (Wildman–Crippen LogP) is 5.51. The van der Waals surface area contributed by atoms with E-state index in [-0.39, 0.29) is 17.3 Å². The Morgan fingerprint density at radius 3 is 2.52 bits per heavy atom. The number of nitrogens with zero attached hydrogens (tertiary/aromatic N) is 5. The van der Waals surface area contributed by atoms with Gasteiger partial charge in [0.1, 0.15) is 23.6 Å². The third kappa shape index (κ3) is 5.14. The quantitative estimate of drug-likeness (QED) is 0.346. The van der Waals surface area contributed by atoms with Gasteiger partial charge in [0, 0.05) is 35.8 Å². The Kier molecular flexibility index (Phi) is 6.29. The van der Waals surface area contributed by atoms with Crippen LogP contribution in [0.3, 0.4) is 0 Å². The van der Waals surface area contributed by atoms with Gasteiger partial charge in [-0.05, 0) is 56.5 Å². The summed E-state index contributed by atoms with van der Waals surface area (Å²) in [5, 5.41) is 13.1. The van der Waals surface area contributed by atoms with E-state index in [2.05, 4.69) is 21.4 Å². The number of nitrogen functional groups attached to an aromatic ring is 1. The first-order valence-electron chi connectivity index (χ1n) is 13.3. The van der Waals surface area contributed by atoms with Crippen molar-refractivity contribution in [1.29, 1.82) is 0 Å². The van der Waals surface area contributed by atoms with E-state index >= 15 is 0 Å². The number of benzene rings is 2. The SMILES string of the molecule is CC(C)(C)OC(=O)N1CC2(C=C(c3cnn(-c4cc(-c5ccccc5OCc5ccccc5)nnc4N)c3)C2)C1. The normalized spacial score (nSPS) is 15.7. The third-order valence-electron chi connectivity index (χ3n) is 7.09. The number of hydrogen-bond donors (Lipinski definition) is 1. The fourth-order valence-electron chi connectivity index (χ4n) is 5.14. The molecule has 0 saturated carbocycles. The fourth-order valence-corrected chi connectivity index (χ4v) is 5.14. The van der Waals surface area contributed by atoms with Crippen LogP contribution in [0.4, 0.5) is 10.6 Å². The van der Waals surface area contributed by atoms with E-state index in [1.54, 1.807) is 9.58 Å². The maximum Gasteiger partial charge on any atom is 0.410 e. The maximum absolute atomic E-state index is 12.3. The summed E-state index contributed by atoms with van der Waals surface area (Å²) >= 11 is 0. The lowest BCUT2D eigenvalue weighted by atomic mass is 9.64. The summed E-state index contributed by atoms with van der Waals surface area (Å²) in [6, 6.07) is 19.7. The molecular formula is C31H32N6O3. The molecule has 40 heavy (non-hydrogen) atoms. The Hall–Kier alpha value is -4.66. The lowest BCUT2D eigenvalue weighted by Crippen LogP contribution is -2.60. The molecule has 1 saturated heterocycles. The zero-order valence-electron chi connectivity index (χ0n) is 22.9. The average molecular weight is 537 g/mol. The van der Waals surface area contributed by atoms with Crippen LogP contribution in [-0.2, 0) is 11.3 Å². The van der Waals surface area contributed by atoms with Crippen molar-refractivity contribution in [3.8, 4) is 22.7 Å².